The summed E-state index contributed by atoms with van der Waals surface area (Å²) in [6, 6.07) is 0. The zero-order valence-corrected chi connectivity index (χ0v) is 11.0. The van der Waals surface area contributed by atoms with Crippen molar-refractivity contribution < 1.29 is 19.1 Å². The number of carbonyl (C=O) groups excluding carboxylic acids is 2. The molecule has 6 nitrogen and oxygen atoms in total. The summed E-state index contributed by atoms with van der Waals surface area (Å²) in [7, 11) is 0. The van der Waals surface area contributed by atoms with Crippen molar-refractivity contribution in [1.29, 1.82) is 0 Å². The molecule has 0 spiro atoms. The Morgan fingerprint density at radius 1 is 1.39 bits per heavy atom. The molecule has 0 rings (SSSR count). The van der Waals surface area contributed by atoms with Crippen LogP contribution in [0.3, 0.4) is 0 Å². The normalized spacial score (nSPS) is 13.2. The zero-order valence-electron chi connectivity index (χ0n) is 11.0. The van der Waals surface area contributed by atoms with Gasteiger partial charge in [0.05, 0.1) is 0 Å². The molecule has 1 atom stereocenters. The van der Waals surface area contributed by atoms with Crippen LogP contribution in [0, 0.1) is 5.41 Å². The number of amides is 2. The van der Waals surface area contributed by atoms with Crippen molar-refractivity contribution in [3.8, 4) is 0 Å². The lowest BCUT2D eigenvalue weighted by Crippen LogP contribution is -2.35. The first-order chi connectivity index (χ1) is 8.43. The quantitative estimate of drug-likeness (QED) is 0.649. The van der Waals surface area contributed by atoms with Crippen LogP contribution < -0.4 is 11.1 Å². The van der Waals surface area contributed by atoms with Crippen LogP contribution in [0.25, 0.3) is 0 Å². The molecule has 0 aromatic heterocycles. The Labute approximate surface area is 108 Å². The molecule has 0 bridgehead atoms. The summed E-state index contributed by atoms with van der Waals surface area (Å²) in [6.45, 7) is 8.00. The van der Waals surface area contributed by atoms with E-state index in [1.54, 1.807) is 6.08 Å². The monoisotopic (exact) mass is 258 g/mol. The summed E-state index contributed by atoms with van der Waals surface area (Å²) in [5, 5.41) is 2.50. The van der Waals surface area contributed by atoms with E-state index >= 15 is 0 Å². The van der Waals surface area contributed by atoms with Crippen LogP contribution in [-0.4, -0.2) is 31.9 Å². The Hall–Kier alpha value is -1.72. The van der Waals surface area contributed by atoms with Crippen LogP contribution in [-0.2, 0) is 9.47 Å². The third kappa shape index (κ3) is 7.54. The number of hydrogen-bond donors (Lipinski definition) is 2. The number of carbonyl (C=O) groups is 2. The molecule has 18 heavy (non-hydrogen) atoms. The SMILES string of the molecule is C=CCNC(=O)OCC(C)(CCC)COC(N)=O. The largest absolute Gasteiger partial charge is 0.449 e. The summed E-state index contributed by atoms with van der Waals surface area (Å²) in [5.41, 5.74) is 4.50. The molecule has 104 valence electrons. The fraction of sp³-hybridized carbons (Fsp3) is 0.667. The molecule has 0 aromatic carbocycles. The summed E-state index contributed by atoms with van der Waals surface area (Å²) >= 11 is 0. The molecule has 0 aliphatic carbocycles. The van der Waals surface area contributed by atoms with E-state index in [-0.39, 0.29) is 13.2 Å². The van der Waals surface area contributed by atoms with Crippen LogP contribution in [0.15, 0.2) is 12.7 Å². The number of rotatable bonds is 8. The van der Waals surface area contributed by atoms with Gasteiger partial charge in [0.2, 0.25) is 0 Å². The lowest BCUT2D eigenvalue weighted by molar-refractivity contribution is 0.0341. The fourth-order valence-corrected chi connectivity index (χ4v) is 1.48. The number of nitrogens with two attached hydrogens (primary N) is 1. The van der Waals surface area contributed by atoms with Crippen molar-refractivity contribution in [3.63, 3.8) is 0 Å². The lowest BCUT2D eigenvalue weighted by atomic mass is 9.87. The van der Waals surface area contributed by atoms with Gasteiger partial charge in [-0.2, -0.15) is 0 Å². The van der Waals surface area contributed by atoms with Crippen molar-refractivity contribution in [3.05, 3.63) is 12.7 Å². The van der Waals surface area contributed by atoms with Gasteiger partial charge >= 0.3 is 12.2 Å². The van der Waals surface area contributed by atoms with Gasteiger partial charge in [0.15, 0.2) is 0 Å². The summed E-state index contributed by atoms with van der Waals surface area (Å²) in [5.74, 6) is 0. The second-order valence-corrected chi connectivity index (χ2v) is 4.41. The molecule has 0 fully saturated rings. The van der Waals surface area contributed by atoms with Gasteiger partial charge in [-0.05, 0) is 6.42 Å². The highest BCUT2D eigenvalue weighted by Gasteiger charge is 2.27. The Morgan fingerprint density at radius 3 is 2.50 bits per heavy atom. The van der Waals surface area contributed by atoms with Gasteiger partial charge < -0.3 is 20.5 Å². The van der Waals surface area contributed by atoms with Crippen molar-refractivity contribution in [1.82, 2.24) is 5.32 Å². The molecular weight excluding hydrogens is 236 g/mol. The average Bonchev–Trinajstić information content (AvgIpc) is 2.32. The maximum atomic E-state index is 11.3. The lowest BCUT2D eigenvalue weighted by Gasteiger charge is -2.27. The molecule has 0 saturated heterocycles. The van der Waals surface area contributed by atoms with Gasteiger partial charge in [-0.1, -0.05) is 26.3 Å². The highest BCUT2D eigenvalue weighted by molar-refractivity contribution is 5.67. The standard InChI is InChI=1S/C12H22N2O4/c1-4-6-12(3,8-17-10(13)15)9-18-11(16)14-7-5-2/h5H,2,4,6-9H2,1,3H3,(H2,13,15)(H,14,16). The smallest absolute Gasteiger partial charge is 0.407 e. The minimum absolute atomic E-state index is 0.130. The van der Waals surface area contributed by atoms with Crippen molar-refractivity contribution in [2.45, 2.75) is 26.7 Å². The summed E-state index contributed by atoms with van der Waals surface area (Å²) in [6.07, 6.45) is 1.86. The predicted octanol–water partition coefficient (Wildman–Crippen LogP) is 1.80. The van der Waals surface area contributed by atoms with Crippen LogP contribution in [0.5, 0.6) is 0 Å². The Bertz CT molecular complexity index is 294. The second-order valence-electron chi connectivity index (χ2n) is 4.41. The highest BCUT2D eigenvalue weighted by atomic mass is 16.6. The summed E-state index contributed by atoms with van der Waals surface area (Å²) < 4.78 is 9.85. The molecule has 3 N–H and O–H groups in total. The van der Waals surface area contributed by atoms with E-state index in [9.17, 15) is 9.59 Å². The maximum Gasteiger partial charge on any atom is 0.407 e. The Balaban J connectivity index is 4.19. The fourth-order valence-electron chi connectivity index (χ4n) is 1.48. The predicted molar refractivity (Wildman–Crippen MR) is 68.1 cm³/mol. The first-order valence-corrected chi connectivity index (χ1v) is 5.87. The van der Waals surface area contributed by atoms with Crippen molar-refractivity contribution in [2.75, 3.05) is 19.8 Å². The topological polar surface area (TPSA) is 90.7 Å². The van der Waals surface area contributed by atoms with Crippen LogP contribution in [0.4, 0.5) is 9.59 Å². The molecule has 0 saturated carbocycles. The Morgan fingerprint density at radius 2 is 2.00 bits per heavy atom. The van der Waals surface area contributed by atoms with Gasteiger partial charge in [-0.25, -0.2) is 9.59 Å². The van der Waals surface area contributed by atoms with Gasteiger partial charge in [0.25, 0.3) is 0 Å². The van der Waals surface area contributed by atoms with Crippen LogP contribution in [0.1, 0.15) is 26.7 Å². The maximum absolute atomic E-state index is 11.3. The molecule has 0 aliphatic rings. The number of nitrogens with one attached hydrogen (secondary N) is 1. The molecular formula is C12H22N2O4. The number of hydrogen-bond acceptors (Lipinski definition) is 4. The van der Waals surface area contributed by atoms with Crippen LogP contribution in [0.2, 0.25) is 0 Å². The minimum atomic E-state index is -0.826. The number of primary amides is 1. The van der Waals surface area contributed by atoms with E-state index in [1.165, 1.54) is 0 Å². The zero-order chi connectivity index (χ0) is 14.0. The molecule has 2 amide bonds. The van der Waals surface area contributed by atoms with Gasteiger partial charge in [-0.15, -0.1) is 6.58 Å². The molecule has 0 heterocycles. The molecule has 6 heteroatoms. The average molecular weight is 258 g/mol. The van der Waals surface area contributed by atoms with Gasteiger partial charge in [0.1, 0.15) is 13.2 Å². The Kier molecular flexibility index (Phi) is 7.58. The molecule has 0 aliphatic heterocycles. The first kappa shape index (κ1) is 16.3. The van der Waals surface area contributed by atoms with Crippen LogP contribution >= 0.6 is 0 Å². The van der Waals surface area contributed by atoms with E-state index in [1.807, 2.05) is 13.8 Å². The third-order valence-electron chi connectivity index (χ3n) is 2.36. The number of ether oxygens (including phenoxy) is 2. The van der Waals surface area contributed by atoms with Gasteiger partial charge in [0, 0.05) is 12.0 Å². The first-order valence-electron chi connectivity index (χ1n) is 5.87. The molecule has 1 unspecified atom stereocenters. The number of alkyl carbamates (subject to hydrolysis) is 1. The molecule has 0 radical (unpaired) electrons. The van der Waals surface area contributed by atoms with Crippen molar-refractivity contribution in [2.24, 2.45) is 11.1 Å². The second kappa shape index (κ2) is 8.38. The van der Waals surface area contributed by atoms with Gasteiger partial charge in [-0.3, -0.25) is 0 Å². The highest BCUT2D eigenvalue weighted by Crippen LogP contribution is 2.24. The van der Waals surface area contributed by atoms with E-state index in [0.29, 0.717) is 6.54 Å². The molecule has 0 aromatic rings. The minimum Gasteiger partial charge on any atom is -0.449 e. The third-order valence-corrected chi connectivity index (χ3v) is 2.36. The van der Waals surface area contributed by atoms with E-state index < -0.39 is 17.6 Å². The van der Waals surface area contributed by atoms with E-state index in [2.05, 4.69) is 11.9 Å². The van der Waals surface area contributed by atoms with E-state index in [0.717, 1.165) is 12.8 Å². The summed E-state index contributed by atoms with van der Waals surface area (Å²) in [4.78, 5) is 21.9. The van der Waals surface area contributed by atoms with E-state index in [4.69, 9.17) is 15.2 Å². The van der Waals surface area contributed by atoms with Crippen molar-refractivity contribution >= 4 is 12.2 Å².